The number of anilines is 3. The van der Waals surface area contributed by atoms with Crippen LogP contribution in [-0.4, -0.2) is 29.1 Å². The third-order valence-corrected chi connectivity index (χ3v) is 4.90. The molecular formula is C21H29N5O. The zero-order chi connectivity index (χ0) is 19.6. The number of hydrogen-bond acceptors (Lipinski definition) is 4. The van der Waals surface area contributed by atoms with Gasteiger partial charge in [0.15, 0.2) is 0 Å². The van der Waals surface area contributed by atoms with Crippen LogP contribution in [0.4, 0.5) is 22.1 Å². The molecule has 6 heteroatoms. The van der Waals surface area contributed by atoms with Crippen LogP contribution in [0.3, 0.4) is 0 Å². The summed E-state index contributed by atoms with van der Waals surface area (Å²) in [5.41, 5.74) is 4.30. The molecular weight excluding hydrogens is 338 g/mol. The Morgan fingerprint density at radius 2 is 1.52 bits per heavy atom. The van der Waals surface area contributed by atoms with Gasteiger partial charge in [0, 0.05) is 18.8 Å². The molecule has 1 aliphatic rings. The van der Waals surface area contributed by atoms with Crippen molar-refractivity contribution >= 4 is 23.4 Å². The second kappa shape index (κ2) is 7.55. The third kappa shape index (κ3) is 4.56. The molecule has 3 rings (SSSR count). The molecule has 0 saturated carbocycles. The van der Waals surface area contributed by atoms with Gasteiger partial charge in [0.25, 0.3) is 0 Å². The summed E-state index contributed by atoms with van der Waals surface area (Å²) in [6, 6.07) is 7.64. The van der Waals surface area contributed by atoms with Gasteiger partial charge < -0.3 is 15.5 Å². The average molecular weight is 367 g/mol. The third-order valence-electron chi connectivity index (χ3n) is 4.90. The molecule has 6 nitrogen and oxygen atoms in total. The molecule has 0 bridgehead atoms. The van der Waals surface area contributed by atoms with Crippen molar-refractivity contribution in [3.8, 4) is 0 Å². The molecule has 0 unspecified atom stereocenters. The first-order valence-corrected chi connectivity index (χ1v) is 9.53. The first-order chi connectivity index (χ1) is 12.7. The molecule has 2 aromatic rings. The molecule has 1 aromatic carbocycles. The maximum absolute atomic E-state index is 12.4. The van der Waals surface area contributed by atoms with Crippen LogP contribution in [-0.2, 0) is 5.41 Å². The van der Waals surface area contributed by atoms with Crippen molar-refractivity contribution in [2.75, 3.05) is 28.6 Å². The molecule has 0 atom stereocenters. The van der Waals surface area contributed by atoms with Crippen molar-refractivity contribution in [2.24, 2.45) is 0 Å². The highest BCUT2D eigenvalue weighted by molar-refractivity contribution is 6.00. The molecule has 0 spiro atoms. The number of hydrogen-bond donors (Lipinski definition) is 2. The van der Waals surface area contributed by atoms with Crippen LogP contribution in [0.2, 0.25) is 0 Å². The number of benzene rings is 1. The lowest BCUT2D eigenvalue weighted by Crippen LogP contribution is -2.24. The molecule has 144 valence electrons. The van der Waals surface area contributed by atoms with Crippen LogP contribution in [0.1, 0.15) is 50.6 Å². The van der Waals surface area contributed by atoms with Gasteiger partial charge in [0.1, 0.15) is 0 Å². The minimum Gasteiger partial charge on any atom is -0.341 e. The monoisotopic (exact) mass is 367 g/mol. The van der Waals surface area contributed by atoms with E-state index in [9.17, 15) is 4.79 Å². The molecule has 2 N–H and O–H groups in total. The summed E-state index contributed by atoms with van der Waals surface area (Å²) in [7, 11) is 0. The van der Waals surface area contributed by atoms with Crippen molar-refractivity contribution in [3.05, 3.63) is 41.2 Å². The fourth-order valence-corrected chi connectivity index (χ4v) is 3.27. The van der Waals surface area contributed by atoms with E-state index >= 15 is 0 Å². The highest BCUT2D eigenvalue weighted by Crippen LogP contribution is 2.25. The predicted octanol–water partition coefficient (Wildman–Crippen LogP) is 4.64. The van der Waals surface area contributed by atoms with E-state index in [0.717, 1.165) is 36.1 Å². The molecule has 0 radical (unpaired) electrons. The first kappa shape index (κ1) is 19.1. The maximum Gasteiger partial charge on any atom is 0.323 e. The van der Waals surface area contributed by atoms with Crippen molar-refractivity contribution in [1.82, 2.24) is 9.97 Å². The van der Waals surface area contributed by atoms with Crippen molar-refractivity contribution < 1.29 is 4.79 Å². The van der Waals surface area contributed by atoms with E-state index in [1.165, 1.54) is 18.4 Å². The summed E-state index contributed by atoms with van der Waals surface area (Å²) in [6.07, 6.45) is 2.36. The highest BCUT2D eigenvalue weighted by atomic mass is 16.2. The lowest BCUT2D eigenvalue weighted by molar-refractivity contribution is 0.262. The Labute approximate surface area is 161 Å². The van der Waals surface area contributed by atoms with Gasteiger partial charge in [0.2, 0.25) is 5.95 Å². The van der Waals surface area contributed by atoms with Gasteiger partial charge >= 0.3 is 6.03 Å². The van der Waals surface area contributed by atoms with Gasteiger partial charge in [-0.05, 0) is 49.8 Å². The highest BCUT2D eigenvalue weighted by Gasteiger charge is 2.18. The number of rotatable bonds is 3. The number of nitrogens with one attached hydrogen (secondary N) is 2. The van der Waals surface area contributed by atoms with Crippen LogP contribution >= 0.6 is 0 Å². The molecule has 2 amide bonds. The Morgan fingerprint density at radius 3 is 2.04 bits per heavy atom. The van der Waals surface area contributed by atoms with Crippen molar-refractivity contribution in [1.29, 1.82) is 0 Å². The van der Waals surface area contributed by atoms with Crippen LogP contribution < -0.4 is 15.5 Å². The van der Waals surface area contributed by atoms with Crippen LogP contribution in [0.25, 0.3) is 0 Å². The first-order valence-electron chi connectivity index (χ1n) is 9.53. The van der Waals surface area contributed by atoms with E-state index < -0.39 is 0 Å². The van der Waals surface area contributed by atoms with E-state index in [0.29, 0.717) is 5.69 Å². The normalized spacial score (nSPS) is 14.3. The number of urea groups is 1. The smallest absolute Gasteiger partial charge is 0.323 e. The van der Waals surface area contributed by atoms with Gasteiger partial charge in [-0.25, -0.2) is 14.8 Å². The summed E-state index contributed by atoms with van der Waals surface area (Å²) < 4.78 is 0. The summed E-state index contributed by atoms with van der Waals surface area (Å²) in [4.78, 5) is 23.8. The maximum atomic E-state index is 12.4. The summed E-state index contributed by atoms with van der Waals surface area (Å²) in [6.45, 7) is 12.3. The Balaban J connectivity index is 1.68. The van der Waals surface area contributed by atoms with E-state index in [1.54, 1.807) is 0 Å². The van der Waals surface area contributed by atoms with Gasteiger partial charge in [-0.3, -0.25) is 0 Å². The Bertz CT molecular complexity index is 794. The van der Waals surface area contributed by atoms with Gasteiger partial charge in [-0.2, -0.15) is 0 Å². The minimum atomic E-state index is -0.290. The van der Waals surface area contributed by atoms with Gasteiger partial charge in [0.05, 0.1) is 17.1 Å². The summed E-state index contributed by atoms with van der Waals surface area (Å²) in [5.74, 6) is 0.756. The van der Waals surface area contributed by atoms with Gasteiger partial charge in [-0.15, -0.1) is 0 Å². The number of aryl methyl sites for hydroxylation is 2. The lowest BCUT2D eigenvalue weighted by atomic mass is 9.87. The zero-order valence-corrected chi connectivity index (χ0v) is 16.9. The quantitative estimate of drug-likeness (QED) is 0.829. The molecule has 27 heavy (non-hydrogen) atoms. The van der Waals surface area contributed by atoms with Gasteiger partial charge in [-0.1, -0.05) is 32.9 Å². The lowest BCUT2D eigenvalue weighted by Gasteiger charge is -2.20. The van der Waals surface area contributed by atoms with Crippen LogP contribution in [0, 0.1) is 13.8 Å². The van der Waals surface area contributed by atoms with Crippen LogP contribution in [0.5, 0.6) is 0 Å². The topological polar surface area (TPSA) is 70.2 Å². The van der Waals surface area contributed by atoms with E-state index in [-0.39, 0.29) is 11.4 Å². The fraction of sp³-hybridized carbons (Fsp3) is 0.476. The Kier molecular flexibility index (Phi) is 5.35. The molecule has 1 saturated heterocycles. The number of nitrogens with zero attached hydrogens (tertiary/aromatic N) is 3. The Morgan fingerprint density at radius 1 is 0.963 bits per heavy atom. The predicted molar refractivity (Wildman–Crippen MR) is 111 cm³/mol. The molecule has 1 aromatic heterocycles. The number of carbonyl (C=O) groups excluding carboxylic acids is 1. The molecule has 0 aliphatic carbocycles. The molecule has 2 heterocycles. The largest absolute Gasteiger partial charge is 0.341 e. The van der Waals surface area contributed by atoms with E-state index in [2.05, 4.69) is 46.3 Å². The molecule has 1 aliphatic heterocycles. The second-order valence-electron chi connectivity index (χ2n) is 8.17. The SMILES string of the molecule is Cc1nc(N2CCCC2)nc(C)c1NC(=O)Nc1ccc(C(C)(C)C)cc1. The number of aromatic nitrogens is 2. The number of amides is 2. The zero-order valence-electron chi connectivity index (χ0n) is 16.9. The summed E-state index contributed by atoms with van der Waals surface area (Å²) >= 11 is 0. The van der Waals surface area contributed by atoms with E-state index in [1.807, 2.05) is 38.1 Å². The van der Waals surface area contributed by atoms with E-state index in [4.69, 9.17) is 0 Å². The average Bonchev–Trinajstić information content (AvgIpc) is 3.12. The van der Waals surface area contributed by atoms with Crippen molar-refractivity contribution in [2.45, 2.75) is 52.9 Å². The Hall–Kier alpha value is -2.63. The second-order valence-corrected chi connectivity index (χ2v) is 8.17. The minimum absolute atomic E-state index is 0.0867. The van der Waals surface area contributed by atoms with Crippen LogP contribution in [0.15, 0.2) is 24.3 Å². The standard InChI is InChI=1S/C21H29N5O/c1-14-18(15(2)23-19(22-14)26-12-6-7-13-26)25-20(27)24-17-10-8-16(9-11-17)21(3,4)5/h8-11H,6-7,12-13H2,1-5H3,(H2,24,25,27). The fourth-order valence-electron chi connectivity index (χ4n) is 3.27. The summed E-state index contributed by atoms with van der Waals surface area (Å²) in [5, 5.41) is 5.77. The number of carbonyl (C=O) groups is 1. The van der Waals surface area contributed by atoms with Crippen molar-refractivity contribution in [3.63, 3.8) is 0 Å². The molecule has 1 fully saturated rings.